The summed E-state index contributed by atoms with van der Waals surface area (Å²) >= 11 is 0. The number of ether oxygens (including phenoxy) is 1. The molecule has 2 aromatic rings. The van der Waals surface area contributed by atoms with Crippen LogP contribution in [0, 0.1) is 0 Å². The molecule has 1 heterocycles. The molecule has 0 fully saturated rings. The summed E-state index contributed by atoms with van der Waals surface area (Å²) in [7, 11) is 1.64. The number of carboxylic acids is 1. The Morgan fingerprint density at radius 3 is 2.90 bits per heavy atom. The van der Waals surface area contributed by atoms with Crippen molar-refractivity contribution in [3.63, 3.8) is 0 Å². The molecule has 0 saturated carbocycles. The number of aromatic carboxylic acids is 1. The molecule has 4 nitrogen and oxygen atoms in total. The number of hydrogen-bond donors (Lipinski definition) is 2. The van der Waals surface area contributed by atoms with Crippen LogP contribution in [0.1, 0.15) is 21.5 Å². The van der Waals surface area contributed by atoms with Gasteiger partial charge in [-0.1, -0.05) is 18.2 Å². The third kappa shape index (κ3) is 2.50. The van der Waals surface area contributed by atoms with Crippen molar-refractivity contribution >= 4 is 5.97 Å². The molecule has 1 aliphatic rings. The van der Waals surface area contributed by atoms with Crippen molar-refractivity contribution in [1.82, 2.24) is 5.32 Å². The van der Waals surface area contributed by atoms with Gasteiger partial charge >= 0.3 is 5.97 Å². The number of methoxy groups -OCH3 is 1. The van der Waals surface area contributed by atoms with E-state index in [1.165, 1.54) is 11.1 Å². The Kier molecular flexibility index (Phi) is 3.62. The van der Waals surface area contributed by atoms with Gasteiger partial charge in [0.25, 0.3) is 0 Å². The molecule has 3 rings (SSSR count). The highest BCUT2D eigenvalue weighted by Gasteiger charge is 2.18. The Bertz CT molecular complexity index is 694. The third-order valence-electron chi connectivity index (χ3n) is 3.86. The standard InChI is InChI=1S/C17H17NO3/c1-21-15-6-5-11-7-8-18-10-14(11)16(15)12-3-2-4-13(9-12)17(19)20/h2-6,9,18H,7-8,10H2,1H3,(H,19,20). The van der Waals surface area contributed by atoms with Gasteiger partial charge < -0.3 is 15.2 Å². The first-order valence-corrected chi connectivity index (χ1v) is 6.94. The largest absolute Gasteiger partial charge is 0.496 e. The van der Waals surface area contributed by atoms with E-state index in [0.29, 0.717) is 0 Å². The molecule has 2 N–H and O–H groups in total. The summed E-state index contributed by atoms with van der Waals surface area (Å²) in [6.45, 7) is 1.74. The average molecular weight is 283 g/mol. The Hall–Kier alpha value is -2.33. The van der Waals surface area contributed by atoms with Gasteiger partial charge in [0, 0.05) is 12.1 Å². The minimum atomic E-state index is -0.918. The third-order valence-corrected chi connectivity index (χ3v) is 3.86. The number of hydrogen-bond acceptors (Lipinski definition) is 3. The maximum atomic E-state index is 11.2. The van der Waals surface area contributed by atoms with Crippen LogP contribution in [0.25, 0.3) is 11.1 Å². The number of carboxylic acid groups (broad SMARTS) is 1. The molecule has 0 atom stereocenters. The van der Waals surface area contributed by atoms with Gasteiger partial charge in [0.2, 0.25) is 0 Å². The van der Waals surface area contributed by atoms with Crippen molar-refractivity contribution in [2.75, 3.05) is 13.7 Å². The van der Waals surface area contributed by atoms with Crippen LogP contribution in [-0.4, -0.2) is 24.7 Å². The molecule has 1 aliphatic heterocycles. The van der Waals surface area contributed by atoms with E-state index in [1.807, 2.05) is 12.1 Å². The van der Waals surface area contributed by atoms with Crippen molar-refractivity contribution in [1.29, 1.82) is 0 Å². The van der Waals surface area contributed by atoms with E-state index in [1.54, 1.807) is 25.3 Å². The zero-order valence-corrected chi connectivity index (χ0v) is 11.8. The summed E-state index contributed by atoms with van der Waals surface area (Å²) in [4.78, 5) is 11.2. The molecule has 21 heavy (non-hydrogen) atoms. The Morgan fingerprint density at radius 1 is 1.29 bits per heavy atom. The summed E-state index contributed by atoms with van der Waals surface area (Å²) in [6, 6.07) is 11.1. The highest BCUT2D eigenvalue weighted by Crippen LogP contribution is 2.37. The van der Waals surface area contributed by atoms with Gasteiger partial charge in [0.05, 0.1) is 12.7 Å². The fourth-order valence-electron chi connectivity index (χ4n) is 2.84. The van der Waals surface area contributed by atoms with Crippen LogP contribution in [0.15, 0.2) is 36.4 Å². The van der Waals surface area contributed by atoms with E-state index >= 15 is 0 Å². The fraction of sp³-hybridized carbons (Fsp3) is 0.235. The van der Waals surface area contributed by atoms with Gasteiger partial charge in [-0.25, -0.2) is 4.79 Å². The van der Waals surface area contributed by atoms with E-state index in [0.717, 1.165) is 36.4 Å². The van der Waals surface area contributed by atoms with Gasteiger partial charge in [-0.15, -0.1) is 0 Å². The fourth-order valence-corrected chi connectivity index (χ4v) is 2.84. The molecule has 0 radical (unpaired) electrons. The van der Waals surface area contributed by atoms with Gasteiger partial charge in [0.15, 0.2) is 0 Å². The van der Waals surface area contributed by atoms with E-state index in [9.17, 15) is 9.90 Å². The second kappa shape index (κ2) is 5.58. The molecule has 0 unspecified atom stereocenters. The highest BCUT2D eigenvalue weighted by atomic mass is 16.5. The minimum Gasteiger partial charge on any atom is -0.496 e. The first-order chi connectivity index (χ1) is 10.2. The predicted octanol–water partition coefficient (Wildman–Crippen LogP) is 2.71. The van der Waals surface area contributed by atoms with E-state index in [-0.39, 0.29) is 5.56 Å². The quantitative estimate of drug-likeness (QED) is 0.909. The number of rotatable bonds is 3. The van der Waals surface area contributed by atoms with Crippen molar-refractivity contribution in [3.8, 4) is 16.9 Å². The predicted molar refractivity (Wildman–Crippen MR) is 80.8 cm³/mol. The molecular weight excluding hydrogens is 266 g/mol. The lowest BCUT2D eigenvalue weighted by Crippen LogP contribution is -2.24. The highest BCUT2D eigenvalue weighted by molar-refractivity contribution is 5.90. The first kappa shape index (κ1) is 13.6. The van der Waals surface area contributed by atoms with Crippen LogP contribution in [-0.2, 0) is 13.0 Å². The molecule has 0 aliphatic carbocycles. The van der Waals surface area contributed by atoms with E-state index in [4.69, 9.17) is 4.74 Å². The second-order valence-corrected chi connectivity index (χ2v) is 5.09. The van der Waals surface area contributed by atoms with Gasteiger partial charge in [0.1, 0.15) is 5.75 Å². The Labute approximate surface area is 123 Å². The lowest BCUT2D eigenvalue weighted by Gasteiger charge is -2.22. The SMILES string of the molecule is COc1ccc2c(c1-c1cccc(C(=O)O)c1)CNCC2. The normalized spacial score (nSPS) is 13.6. The molecule has 0 aromatic heterocycles. The number of nitrogens with one attached hydrogen (secondary N) is 1. The number of fused-ring (bicyclic) bond motifs is 1. The molecule has 108 valence electrons. The number of benzene rings is 2. The average Bonchev–Trinajstić information content (AvgIpc) is 2.53. The van der Waals surface area contributed by atoms with Crippen molar-refractivity contribution in [3.05, 3.63) is 53.1 Å². The van der Waals surface area contributed by atoms with Crippen LogP contribution < -0.4 is 10.1 Å². The molecular formula is C17H17NO3. The molecule has 0 saturated heterocycles. The first-order valence-electron chi connectivity index (χ1n) is 6.94. The minimum absolute atomic E-state index is 0.288. The van der Waals surface area contributed by atoms with Crippen molar-refractivity contribution in [2.24, 2.45) is 0 Å². The Balaban J connectivity index is 2.20. The number of carbonyl (C=O) groups is 1. The summed E-state index contributed by atoms with van der Waals surface area (Å²) in [5.74, 6) is -0.140. The zero-order chi connectivity index (χ0) is 14.8. The second-order valence-electron chi connectivity index (χ2n) is 5.09. The zero-order valence-electron chi connectivity index (χ0n) is 11.8. The molecule has 2 aromatic carbocycles. The van der Waals surface area contributed by atoms with Crippen LogP contribution in [0.4, 0.5) is 0 Å². The van der Waals surface area contributed by atoms with E-state index in [2.05, 4.69) is 11.4 Å². The summed E-state index contributed by atoms with van der Waals surface area (Å²) in [6.07, 6.45) is 0.977. The summed E-state index contributed by atoms with van der Waals surface area (Å²) < 4.78 is 5.49. The Morgan fingerprint density at radius 2 is 2.14 bits per heavy atom. The topological polar surface area (TPSA) is 58.6 Å². The molecule has 4 heteroatoms. The van der Waals surface area contributed by atoms with Gasteiger partial charge in [-0.2, -0.15) is 0 Å². The van der Waals surface area contributed by atoms with Crippen molar-refractivity contribution in [2.45, 2.75) is 13.0 Å². The van der Waals surface area contributed by atoms with Crippen LogP contribution in [0.3, 0.4) is 0 Å². The lowest BCUT2D eigenvalue weighted by molar-refractivity contribution is 0.0697. The van der Waals surface area contributed by atoms with Crippen LogP contribution >= 0.6 is 0 Å². The maximum absolute atomic E-state index is 11.2. The van der Waals surface area contributed by atoms with E-state index < -0.39 is 5.97 Å². The van der Waals surface area contributed by atoms with Crippen LogP contribution in [0.5, 0.6) is 5.75 Å². The summed E-state index contributed by atoms with van der Waals surface area (Å²) in [5, 5.41) is 12.5. The molecule has 0 spiro atoms. The van der Waals surface area contributed by atoms with Gasteiger partial charge in [-0.05, 0) is 47.9 Å². The maximum Gasteiger partial charge on any atom is 0.335 e. The van der Waals surface area contributed by atoms with Gasteiger partial charge in [-0.3, -0.25) is 0 Å². The molecule has 0 bridgehead atoms. The molecule has 0 amide bonds. The summed E-state index contributed by atoms with van der Waals surface area (Å²) in [5.41, 5.74) is 4.65. The van der Waals surface area contributed by atoms with Crippen LogP contribution in [0.2, 0.25) is 0 Å². The van der Waals surface area contributed by atoms with Crippen molar-refractivity contribution < 1.29 is 14.6 Å². The lowest BCUT2D eigenvalue weighted by atomic mass is 9.90. The monoisotopic (exact) mass is 283 g/mol. The smallest absolute Gasteiger partial charge is 0.335 e.